The van der Waals surface area contributed by atoms with E-state index in [0.29, 0.717) is 0 Å². The molecule has 0 spiro atoms. The molecule has 0 bridgehead atoms. The van der Waals surface area contributed by atoms with Crippen LogP contribution in [0.25, 0.3) is 0 Å². The lowest BCUT2D eigenvalue weighted by atomic mass is 9.90. The van der Waals surface area contributed by atoms with E-state index in [1.807, 2.05) is 27.7 Å². The fourth-order valence-electron chi connectivity index (χ4n) is 7.56. The van der Waals surface area contributed by atoms with Crippen molar-refractivity contribution in [2.75, 3.05) is 40.3 Å². The van der Waals surface area contributed by atoms with Crippen molar-refractivity contribution in [2.24, 2.45) is 11.8 Å². The molecule has 14 heteroatoms. The van der Waals surface area contributed by atoms with E-state index in [9.17, 15) is 19.2 Å². The highest BCUT2D eigenvalue weighted by Crippen LogP contribution is 2.54. The number of rotatable bonds is 2. The average Bonchev–Trinajstić information content (AvgIpc) is 3.39. The number of nitrogens with zero attached hydrogens (tertiary/aromatic N) is 8. The third kappa shape index (κ3) is 1.78. The van der Waals surface area contributed by atoms with Crippen molar-refractivity contribution >= 4 is 24.1 Å². The first-order valence-electron chi connectivity index (χ1n) is 11.7. The van der Waals surface area contributed by atoms with Crippen molar-refractivity contribution in [3.05, 3.63) is 0 Å². The molecule has 7 aliphatic heterocycles. The second kappa shape index (κ2) is 5.97. The Balaban J connectivity index is 1.43. The molecule has 0 unspecified atom stereocenters. The highest BCUT2D eigenvalue weighted by molar-refractivity contribution is 5.90. The van der Waals surface area contributed by atoms with Crippen molar-refractivity contribution in [3.8, 4) is 0 Å². The molecule has 184 valence electrons. The van der Waals surface area contributed by atoms with Crippen LogP contribution in [0.5, 0.6) is 0 Å². The topological polar surface area (TPSA) is 113 Å². The van der Waals surface area contributed by atoms with Crippen LogP contribution in [-0.4, -0.2) is 127 Å². The van der Waals surface area contributed by atoms with E-state index in [4.69, 9.17) is 9.47 Å². The van der Waals surface area contributed by atoms with Crippen LogP contribution < -0.4 is 0 Å². The minimum atomic E-state index is -0.945. The van der Waals surface area contributed by atoms with Gasteiger partial charge in [-0.2, -0.15) is 0 Å². The van der Waals surface area contributed by atoms with Gasteiger partial charge in [0.25, 0.3) is 0 Å². The lowest BCUT2D eigenvalue weighted by Gasteiger charge is -2.48. The summed E-state index contributed by atoms with van der Waals surface area (Å²) in [7, 11) is 0. The smallest absolute Gasteiger partial charge is 0.327 e. The van der Waals surface area contributed by atoms with Gasteiger partial charge in [-0.3, -0.25) is 39.2 Å². The largest absolute Gasteiger partial charge is 0.340 e. The lowest BCUT2D eigenvalue weighted by Crippen LogP contribution is -2.68. The Bertz CT molecular complexity index is 895. The van der Waals surface area contributed by atoms with Gasteiger partial charge in [-0.25, -0.2) is 19.2 Å². The molecular formula is C20H28N8O6. The van der Waals surface area contributed by atoms with Gasteiger partial charge >= 0.3 is 24.1 Å². The maximum atomic E-state index is 13.7. The molecule has 8 amide bonds. The minimum Gasteiger partial charge on any atom is -0.340 e. The quantitative estimate of drug-likeness (QED) is 0.559. The van der Waals surface area contributed by atoms with E-state index < -0.39 is 23.7 Å². The molecule has 0 saturated carbocycles. The third-order valence-corrected chi connectivity index (χ3v) is 8.77. The van der Waals surface area contributed by atoms with Crippen LogP contribution in [0.3, 0.4) is 0 Å². The summed E-state index contributed by atoms with van der Waals surface area (Å²) in [4.78, 5) is 67.8. The van der Waals surface area contributed by atoms with Crippen LogP contribution in [0.15, 0.2) is 0 Å². The monoisotopic (exact) mass is 476 g/mol. The summed E-state index contributed by atoms with van der Waals surface area (Å²) in [5.41, 5.74) is -1.89. The van der Waals surface area contributed by atoms with Gasteiger partial charge in [0.05, 0.1) is 0 Å². The number of carbonyl (C=O) groups is 4. The summed E-state index contributed by atoms with van der Waals surface area (Å²) in [6.07, 6.45) is -1.32. The van der Waals surface area contributed by atoms with Crippen LogP contribution >= 0.6 is 0 Å². The molecule has 7 saturated heterocycles. The molecule has 0 aromatic heterocycles. The average molecular weight is 476 g/mol. The molecule has 0 aromatic carbocycles. The fourth-order valence-corrected chi connectivity index (χ4v) is 7.56. The third-order valence-electron chi connectivity index (χ3n) is 8.77. The van der Waals surface area contributed by atoms with Gasteiger partial charge in [-0.15, -0.1) is 0 Å². The summed E-state index contributed by atoms with van der Waals surface area (Å²) in [6, 6.07) is -1.16. The fraction of sp³-hybridized carbons (Fsp3) is 0.800. The zero-order chi connectivity index (χ0) is 23.9. The normalized spacial score (nSPS) is 38.2. The molecule has 0 N–H and O–H groups in total. The van der Waals surface area contributed by atoms with Crippen molar-refractivity contribution in [1.29, 1.82) is 0 Å². The Morgan fingerprint density at radius 3 is 1.09 bits per heavy atom. The van der Waals surface area contributed by atoms with Crippen molar-refractivity contribution in [3.63, 3.8) is 0 Å². The number of hydrogen-bond acceptors (Lipinski definition) is 6. The summed E-state index contributed by atoms with van der Waals surface area (Å²) in [5, 5.41) is 0. The van der Waals surface area contributed by atoms with Crippen LogP contribution in [0.4, 0.5) is 19.2 Å². The predicted octanol–water partition coefficient (Wildman–Crippen LogP) is 0.113. The molecule has 7 fully saturated rings. The van der Waals surface area contributed by atoms with Crippen LogP contribution in [0.2, 0.25) is 0 Å². The molecule has 0 atom stereocenters. The first kappa shape index (κ1) is 20.4. The Kier molecular flexibility index (Phi) is 3.58. The van der Waals surface area contributed by atoms with Gasteiger partial charge < -0.3 is 9.47 Å². The van der Waals surface area contributed by atoms with Gasteiger partial charge in [0.15, 0.2) is 23.7 Å². The second-order valence-corrected chi connectivity index (χ2v) is 10.6. The van der Waals surface area contributed by atoms with E-state index >= 15 is 0 Å². The van der Waals surface area contributed by atoms with E-state index in [1.165, 1.54) is 0 Å². The summed E-state index contributed by atoms with van der Waals surface area (Å²) >= 11 is 0. The van der Waals surface area contributed by atoms with E-state index in [-0.39, 0.29) is 76.2 Å². The van der Waals surface area contributed by atoms with Gasteiger partial charge in [-0.05, 0) is 11.8 Å². The maximum Gasteiger partial charge on any atom is 0.327 e. The molecular weight excluding hydrogens is 448 g/mol. The number of amides is 8. The molecule has 0 aliphatic carbocycles. The lowest BCUT2D eigenvalue weighted by molar-refractivity contribution is -0.171. The summed E-state index contributed by atoms with van der Waals surface area (Å²) in [6.45, 7) is 8.07. The zero-order valence-electron chi connectivity index (χ0n) is 19.6. The van der Waals surface area contributed by atoms with E-state index in [2.05, 4.69) is 0 Å². The van der Waals surface area contributed by atoms with Crippen molar-refractivity contribution < 1.29 is 28.7 Å². The second-order valence-electron chi connectivity index (χ2n) is 10.6. The van der Waals surface area contributed by atoms with Crippen LogP contribution in [-0.2, 0) is 9.47 Å². The van der Waals surface area contributed by atoms with Gasteiger partial charge in [-0.1, -0.05) is 27.7 Å². The number of carbonyl (C=O) groups excluding carboxylic acids is 4. The number of ether oxygens (including phenoxy) is 2. The molecule has 34 heavy (non-hydrogen) atoms. The van der Waals surface area contributed by atoms with Gasteiger partial charge in [0, 0.05) is 0 Å². The SMILES string of the molecule is CC(C)C12C3N4CN5C(=O)N6COCN7C(=O)N(CN3C(=O)N1COCN2C4=O)C5C67C(C)C. The Labute approximate surface area is 196 Å². The van der Waals surface area contributed by atoms with Crippen molar-refractivity contribution in [1.82, 2.24) is 39.2 Å². The van der Waals surface area contributed by atoms with Crippen LogP contribution in [0.1, 0.15) is 27.7 Å². The minimum absolute atomic E-state index is 0.0435. The van der Waals surface area contributed by atoms with Crippen LogP contribution in [0, 0.1) is 11.8 Å². The molecule has 0 aromatic rings. The molecule has 14 nitrogen and oxygen atoms in total. The maximum absolute atomic E-state index is 13.7. The molecule has 0 radical (unpaired) electrons. The van der Waals surface area contributed by atoms with Gasteiger partial charge in [0.1, 0.15) is 40.3 Å². The highest BCUT2D eigenvalue weighted by atomic mass is 16.5. The van der Waals surface area contributed by atoms with E-state index in [1.54, 1.807) is 39.2 Å². The number of hydrogen-bond donors (Lipinski definition) is 0. The first-order valence-corrected chi connectivity index (χ1v) is 11.7. The predicted molar refractivity (Wildman–Crippen MR) is 110 cm³/mol. The molecule has 7 rings (SSSR count). The standard InChI is InChI=1S/C20H28N8O6/c1-11(2)19-13-21-5-23-14-20(12(3)4)27(17(23)31)9-34-10-28(20)18(32)24(14)6-22(13)16(30)26(19)8-33-7-25(19)15(21)29/h11-14H,5-10H2,1-4H3. The first-order chi connectivity index (χ1) is 16.2. The zero-order valence-corrected chi connectivity index (χ0v) is 19.6. The Hall–Kier alpha value is -3.00. The Morgan fingerprint density at radius 1 is 0.588 bits per heavy atom. The number of urea groups is 4. The van der Waals surface area contributed by atoms with Gasteiger partial charge in [0.2, 0.25) is 0 Å². The van der Waals surface area contributed by atoms with E-state index in [0.717, 1.165) is 0 Å². The molecule has 7 heterocycles. The summed E-state index contributed by atoms with van der Waals surface area (Å²) in [5.74, 6) is -0.226. The molecule has 7 aliphatic rings. The highest BCUT2D eigenvalue weighted by Gasteiger charge is 2.77. The summed E-state index contributed by atoms with van der Waals surface area (Å²) < 4.78 is 11.3. The Morgan fingerprint density at radius 2 is 0.853 bits per heavy atom. The van der Waals surface area contributed by atoms with Crippen molar-refractivity contribution in [2.45, 2.75) is 51.4 Å².